The van der Waals surface area contributed by atoms with Crippen molar-refractivity contribution in [2.45, 2.75) is 45.3 Å². The van der Waals surface area contributed by atoms with Crippen molar-refractivity contribution in [1.82, 2.24) is 19.0 Å². The zero-order valence-electron chi connectivity index (χ0n) is 22.4. The smallest absolute Gasteiger partial charge is 0.410 e. The summed E-state index contributed by atoms with van der Waals surface area (Å²) in [5.41, 5.74) is 1.33. The Morgan fingerprint density at radius 1 is 1.05 bits per heavy atom. The molecule has 10 heteroatoms. The first-order chi connectivity index (χ1) is 18.7. The van der Waals surface area contributed by atoms with Crippen LogP contribution in [0.25, 0.3) is 16.7 Å². The molecule has 1 atom stereocenters. The van der Waals surface area contributed by atoms with Crippen LogP contribution >= 0.6 is 11.6 Å². The number of ether oxygens (including phenoxy) is 3. The molecule has 2 aromatic carbocycles. The van der Waals surface area contributed by atoms with E-state index in [0.29, 0.717) is 46.6 Å². The molecule has 0 saturated carbocycles. The van der Waals surface area contributed by atoms with E-state index in [1.807, 2.05) is 39.0 Å². The molecule has 5 rings (SSSR count). The summed E-state index contributed by atoms with van der Waals surface area (Å²) >= 11 is 6.37. The van der Waals surface area contributed by atoms with Gasteiger partial charge >= 0.3 is 11.8 Å². The quantitative estimate of drug-likeness (QED) is 0.293. The molecule has 1 saturated heterocycles. The summed E-state index contributed by atoms with van der Waals surface area (Å²) in [4.78, 5) is 32.6. The SMILES string of the molecule is COc1cccc(Oc2ccc(-n3c(=O)n(C4CCCN(C(=O)OC(C)(C)C)C4)c4ccncc43)cc2)c1Cl. The zero-order valence-corrected chi connectivity index (χ0v) is 23.1. The molecule has 0 N–H and O–H groups in total. The minimum absolute atomic E-state index is 0.192. The molecule has 0 aliphatic carbocycles. The predicted octanol–water partition coefficient (Wildman–Crippen LogP) is 6.21. The van der Waals surface area contributed by atoms with Gasteiger partial charge in [0.05, 0.1) is 36.1 Å². The lowest BCUT2D eigenvalue weighted by molar-refractivity contribution is 0.0173. The van der Waals surface area contributed by atoms with Crippen molar-refractivity contribution >= 4 is 28.7 Å². The van der Waals surface area contributed by atoms with Crippen molar-refractivity contribution in [2.24, 2.45) is 0 Å². The van der Waals surface area contributed by atoms with Crippen molar-refractivity contribution < 1.29 is 19.0 Å². The number of fused-ring (bicyclic) bond motifs is 1. The largest absolute Gasteiger partial charge is 0.495 e. The lowest BCUT2D eigenvalue weighted by atomic mass is 10.1. The number of pyridine rings is 1. The first-order valence-corrected chi connectivity index (χ1v) is 13.2. The van der Waals surface area contributed by atoms with Gasteiger partial charge < -0.3 is 19.1 Å². The fraction of sp³-hybridized carbons (Fsp3) is 0.345. The van der Waals surface area contributed by atoms with Gasteiger partial charge in [0.25, 0.3) is 0 Å². The van der Waals surface area contributed by atoms with Gasteiger partial charge in [0.2, 0.25) is 0 Å². The van der Waals surface area contributed by atoms with Gasteiger partial charge in [-0.05, 0) is 76.1 Å². The van der Waals surface area contributed by atoms with Crippen molar-refractivity contribution in [1.29, 1.82) is 0 Å². The van der Waals surface area contributed by atoms with E-state index < -0.39 is 5.60 Å². The maximum Gasteiger partial charge on any atom is 0.410 e. The lowest BCUT2D eigenvalue weighted by Gasteiger charge is -2.34. The topological polar surface area (TPSA) is 87.8 Å². The summed E-state index contributed by atoms with van der Waals surface area (Å²) in [5.74, 6) is 1.54. The number of benzene rings is 2. The van der Waals surface area contributed by atoms with Crippen LogP contribution in [-0.2, 0) is 4.74 Å². The number of hydrogen-bond donors (Lipinski definition) is 0. The molecule has 0 radical (unpaired) electrons. The van der Waals surface area contributed by atoms with Crippen LogP contribution in [0, 0.1) is 0 Å². The van der Waals surface area contributed by atoms with Crippen LogP contribution in [0.4, 0.5) is 4.79 Å². The Morgan fingerprint density at radius 2 is 1.79 bits per heavy atom. The molecule has 1 unspecified atom stereocenters. The second-order valence-corrected chi connectivity index (χ2v) is 10.8. The number of methoxy groups -OCH3 is 1. The maximum atomic E-state index is 13.9. The highest BCUT2D eigenvalue weighted by Gasteiger charge is 2.31. The monoisotopic (exact) mass is 550 g/mol. The lowest BCUT2D eigenvalue weighted by Crippen LogP contribution is -2.45. The molecule has 39 heavy (non-hydrogen) atoms. The van der Waals surface area contributed by atoms with E-state index in [1.54, 1.807) is 63.9 Å². The first-order valence-electron chi connectivity index (χ1n) is 12.8. The van der Waals surface area contributed by atoms with Crippen molar-refractivity contribution in [2.75, 3.05) is 20.2 Å². The van der Waals surface area contributed by atoms with Gasteiger partial charge in [-0.2, -0.15) is 0 Å². The number of halogens is 1. The van der Waals surface area contributed by atoms with Crippen molar-refractivity contribution in [3.8, 4) is 22.9 Å². The number of aromatic nitrogens is 3. The van der Waals surface area contributed by atoms with Crippen LogP contribution in [0.1, 0.15) is 39.7 Å². The van der Waals surface area contributed by atoms with Gasteiger partial charge in [-0.15, -0.1) is 0 Å². The maximum absolute atomic E-state index is 13.9. The van der Waals surface area contributed by atoms with Crippen LogP contribution in [0.3, 0.4) is 0 Å². The van der Waals surface area contributed by atoms with Gasteiger partial charge in [0.1, 0.15) is 27.9 Å². The fourth-order valence-corrected chi connectivity index (χ4v) is 5.09. The van der Waals surface area contributed by atoms with Crippen molar-refractivity contribution in [3.63, 3.8) is 0 Å². The first kappa shape index (κ1) is 26.6. The number of carbonyl (C=O) groups excluding carboxylic acids is 1. The van der Waals surface area contributed by atoms with Gasteiger partial charge in [-0.3, -0.25) is 14.1 Å². The third-order valence-electron chi connectivity index (χ3n) is 6.56. The average Bonchev–Trinajstić information content (AvgIpc) is 3.21. The van der Waals surface area contributed by atoms with E-state index in [0.717, 1.165) is 18.4 Å². The third kappa shape index (κ3) is 5.45. The number of carbonyl (C=O) groups is 1. The van der Waals surface area contributed by atoms with E-state index in [2.05, 4.69) is 4.98 Å². The van der Waals surface area contributed by atoms with Crippen LogP contribution in [-0.4, -0.2) is 50.9 Å². The molecule has 9 nitrogen and oxygen atoms in total. The fourth-order valence-electron chi connectivity index (χ4n) is 4.85. The number of piperidine rings is 1. The number of hydrogen-bond acceptors (Lipinski definition) is 6. The number of nitrogens with zero attached hydrogens (tertiary/aromatic N) is 4. The molecule has 4 aromatic rings. The Kier molecular flexibility index (Phi) is 7.27. The Bertz CT molecular complexity index is 1550. The zero-order chi connectivity index (χ0) is 27.7. The van der Waals surface area contributed by atoms with Gasteiger partial charge in [-0.1, -0.05) is 17.7 Å². The second kappa shape index (κ2) is 10.6. The van der Waals surface area contributed by atoms with Crippen molar-refractivity contribution in [3.05, 3.63) is 76.4 Å². The molecule has 1 aliphatic rings. The minimum atomic E-state index is -0.587. The number of imidazole rings is 1. The predicted molar refractivity (Wildman–Crippen MR) is 149 cm³/mol. The highest BCUT2D eigenvalue weighted by Crippen LogP contribution is 2.36. The molecule has 1 amide bonds. The highest BCUT2D eigenvalue weighted by molar-refractivity contribution is 6.33. The molecule has 0 spiro atoms. The Balaban J connectivity index is 1.46. The van der Waals surface area contributed by atoms with E-state index in [9.17, 15) is 9.59 Å². The Hall–Kier alpha value is -3.98. The molecule has 2 aromatic heterocycles. The summed E-state index contributed by atoms with van der Waals surface area (Å²) in [7, 11) is 1.55. The molecule has 1 aliphatic heterocycles. The summed E-state index contributed by atoms with van der Waals surface area (Å²) in [6, 6.07) is 14.1. The third-order valence-corrected chi connectivity index (χ3v) is 6.93. The second-order valence-electron chi connectivity index (χ2n) is 10.4. The Labute approximate surface area is 231 Å². The standard InChI is InChI=1S/C29H31ClN4O5/c1-29(2,3)39-28(36)32-16-6-7-20(18-32)34-22-14-15-31-17-23(22)33(27(34)35)19-10-12-21(13-11-19)38-25-9-5-8-24(37-4)26(25)30/h5,8-15,17,20H,6-7,16,18H2,1-4H3. The summed E-state index contributed by atoms with van der Waals surface area (Å²) in [6.07, 6.45) is 4.53. The summed E-state index contributed by atoms with van der Waals surface area (Å²) < 4.78 is 20.2. The van der Waals surface area contributed by atoms with E-state index in [1.165, 1.54) is 0 Å². The van der Waals surface area contributed by atoms with E-state index in [4.69, 9.17) is 25.8 Å². The minimum Gasteiger partial charge on any atom is -0.495 e. The highest BCUT2D eigenvalue weighted by atomic mass is 35.5. The van der Waals surface area contributed by atoms with E-state index in [-0.39, 0.29) is 17.8 Å². The Morgan fingerprint density at radius 3 is 2.51 bits per heavy atom. The molecule has 204 valence electrons. The summed E-state index contributed by atoms with van der Waals surface area (Å²) in [6.45, 7) is 6.53. The molecular formula is C29H31ClN4O5. The van der Waals surface area contributed by atoms with Crippen LogP contribution in [0.2, 0.25) is 5.02 Å². The average molecular weight is 551 g/mol. The molecular weight excluding hydrogens is 520 g/mol. The molecule has 3 heterocycles. The van der Waals surface area contributed by atoms with Crippen LogP contribution in [0.5, 0.6) is 17.2 Å². The van der Waals surface area contributed by atoms with E-state index >= 15 is 0 Å². The van der Waals surface area contributed by atoms with Crippen LogP contribution < -0.4 is 15.2 Å². The number of amides is 1. The molecule has 0 bridgehead atoms. The number of likely N-dealkylation sites (tertiary alicyclic amines) is 1. The molecule has 1 fully saturated rings. The van der Waals surface area contributed by atoms with Gasteiger partial charge in [0, 0.05) is 19.3 Å². The number of rotatable bonds is 5. The van der Waals surface area contributed by atoms with Gasteiger partial charge in [0.15, 0.2) is 0 Å². The van der Waals surface area contributed by atoms with Gasteiger partial charge in [-0.25, -0.2) is 9.59 Å². The summed E-state index contributed by atoms with van der Waals surface area (Å²) in [5, 5.41) is 0.377. The normalized spacial score (nSPS) is 15.8. The van der Waals surface area contributed by atoms with Crippen LogP contribution in [0.15, 0.2) is 65.7 Å².